The van der Waals surface area contributed by atoms with Crippen molar-refractivity contribution in [3.05, 3.63) is 114 Å². The minimum atomic E-state index is -4.48. The van der Waals surface area contributed by atoms with Gasteiger partial charge >= 0.3 is 7.60 Å². The fraction of sp³-hybridized carbons (Fsp3) is 0.138. The van der Waals surface area contributed by atoms with Gasteiger partial charge in [0.25, 0.3) is 0 Å². The van der Waals surface area contributed by atoms with E-state index in [4.69, 9.17) is 14.0 Å². The number of hydrogen-bond donors (Lipinski definition) is 2. The normalized spacial score (nSPS) is 15.5. The van der Waals surface area contributed by atoms with E-state index >= 15 is 0 Å². The molecule has 0 aromatic heterocycles. The van der Waals surface area contributed by atoms with Gasteiger partial charge in [-0.1, -0.05) is 84.9 Å². The molecule has 4 aromatic carbocycles. The molecule has 0 radical (unpaired) electrons. The zero-order valence-corrected chi connectivity index (χ0v) is 20.8. The molecule has 0 saturated heterocycles. The number of carbonyl (C=O) groups excluding carboxylic acids is 1. The lowest BCUT2D eigenvalue weighted by Crippen LogP contribution is -2.26. The first-order valence-corrected chi connectivity index (χ1v) is 13.5. The Kier molecular flexibility index (Phi) is 7.37. The summed E-state index contributed by atoms with van der Waals surface area (Å²) in [6.45, 7) is -0.138. The highest BCUT2D eigenvalue weighted by molar-refractivity contribution is 7.54. The van der Waals surface area contributed by atoms with Gasteiger partial charge in [-0.25, -0.2) is 0 Å². The van der Waals surface area contributed by atoms with Crippen molar-refractivity contribution in [1.82, 2.24) is 5.32 Å². The van der Waals surface area contributed by atoms with Gasteiger partial charge in [0.05, 0.1) is 6.61 Å². The Morgan fingerprint density at radius 2 is 1.57 bits per heavy atom. The quantitative estimate of drug-likeness (QED) is 0.263. The van der Waals surface area contributed by atoms with Gasteiger partial charge in [-0.3, -0.25) is 9.36 Å². The number of nitrogens with one attached hydrogen (secondary N) is 1. The van der Waals surface area contributed by atoms with E-state index in [2.05, 4.69) is 5.32 Å². The number of hydrogen-bond acceptors (Lipinski definition) is 5. The predicted molar refractivity (Wildman–Crippen MR) is 142 cm³/mol. The van der Waals surface area contributed by atoms with Gasteiger partial charge in [-0.15, -0.1) is 0 Å². The molecule has 8 heteroatoms. The summed E-state index contributed by atoms with van der Waals surface area (Å²) in [6, 6.07) is 29.4. The van der Waals surface area contributed by atoms with Crippen LogP contribution in [0.2, 0.25) is 0 Å². The summed E-state index contributed by atoms with van der Waals surface area (Å²) in [4.78, 5) is 24.5. The highest BCUT2D eigenvalue weighted by atomic mass is 31.2. The van der Waals surface area contributed by atoms with Crippen LogP contribution in [-0.4, -0.2) is 23.7 Å². The van der Waals surface area contributed by atoms with Crippen LogP contribution in [0.3, 0.4) is 0 Å². The summed E-state index contributed by atoms with van der Waals surface area (Å²) in [6.07, 6.45) is 2.74. The molecule has 37 heavy (non-hydrogen) atoms. The minimum Gasteiger partial charge on any atom is -0.451 e. The summed E-state index contributed by atoms with van der Waals surface area (Å²) in [7, 11) is -4.48. The Morgan fingerprint density at radius 1 is 0.919 bits per heavy atom. The fourth-order valence-electron chi connectivity index (χ4n) is 4.24. The van der Waals surface area contributed by atoms with E-state index in [-0.39, 0.29) is 13.0 Å². The summed E-state index contributed by atoms with van der Waals surface area (Å²) in [5.74, 6) is 0.575. The van der Waals surface area contributed by atoms with Crippen LogP contribution < -0.4 is 14.8 Å². The van der Waals surface area contributed by atoms with Gasteiger partial charge in [0.2, 0.25) is 12.2 Å². The van der Waals surface area contributed by atoms with E-state index in [0.29, 0.717) is 22.4 Å². The third-order valence-corrected chi connectivity index (χ3v) is 7.71. The lowest BCUT2D eigenvalue weighted by atomic mass is 10.0. The lowest BCUT2D eigenvalue weighted by Gasteiger charge is -2.23. The Morgan fingerprint density at radius 3 is 2.32 bits per heavy atom. The number of amides is 1. The first kappa shape index (κ1) is 24.8. The number of rotatable bonds is 9. The van der Waals surface area contributed by atoms with Crippen LogP contribution in [0, 0.1) is 0 Å². The molecule has 2 N–H and O–H groups in total. The van der Waals surface area contributed by atoms with Gasteiger partial charge in [0.15, 0.2) is 17.2 Å². The third kappa shape index (κ3) is 5.75. The standard InChI is InChI=1S/C29H26NO6P/c31-29(30-19-17-21-9-2-1-3-10-21)28(24-14-8-12-22-11-4-5-13-23(22)24)37(32,33)34-20-18-27-35-25-15-6-7-16-26(25)36-27/h1-17,19,27-28H,18,20H2,(H,30,31)(H,32,33). The molecule has 5 rings (SSSR count). The van der Waals surface area contributed by atoms with Crippen molar-refractivity contribution in [2.45, 2.75) is 18.4 Å². The molecular formula is C29H26NO6P. The summed E-state index contributed by atoms with van der Waals surface area (Å²) >= 11 is 0. The van der Waals surface area contributed by atoms with Crippen LogP contribution in [0.1, 0.15) is 23.2 Å². The van der Waals surface area contributed by atoms with Gasteiger partial charge in [0.1, 0.15) is 0 Å². The molecule has 0 spiro atoms. The molecule has 1 heterocycles. The van der Waals surface area contributed by atoms with E-state index in [1.165, 1.54) is 6.20 Å². The minimum absolute atomic E-state index is 0.138. The molecule has 4 aromatic rings. The first-order valence-electron chi connectivity index (χ1n) is 11.9. The molecule has 0 fully saturated rings. The molecule has 2 atom stereocenters. The van der Waals surface area contributed by atoms with Crippen LogP contribution >= 0.6 is 7.60 Å². The van der Waals surface area contributed by atoms with E-state index in [1.807, 2.05) is 72.8 Å². The molecule has 2 unspecified atom stereocenters. The van der Waals surface area contributed by atoms with Crippen molar-refractivity contribution in [2.24, 2.45) is 0 Å². The highest BCUT2D eigenvalue weighted by Gasteiger charge is 2.41. The van der Waals surface area contributed by atoms with Crippen LogP contribution in [-0.2, 0) is 13.9 Å². The van der Waals surface area contributed by atoms with Gasteiger partial charge in [-0.2, -0.15) is 0 Å². The average Bonchev–Trinajstić information content (AvgIpc) is 3.32. The molecule has 1 aliphatic heterocycles. The monoisotopic (exact) mass is 515 g/mol. The maximum absolute atomic E-state index is 13.6. The maximum atomic E-state index is 13.6. The molecule has 7 nitrogen and oxygen atoms in total. The second-order valence-electron chi connectivity index (χ2n) is 8.52. The molecule has 188 valence electrons. The number of fused-ring (bicyclic) bond motifs is 2. The van der Waals surface area contributed by atoms with Crippen molar-refractivity contribution < 1.29 is 28.3 Å². The molecule has 0 bridgehead atoms. The Balaban J connectivity index is 1.35. The molecular weight excluding hydrogens is 489 g/mol. The second kappa shape index (κ2) is 11.0. The fourth-order valence-corrected chi connectivity index (χ4v) is 5.71. The predicted octanol–water partition coefficient (Wildman–Crippen LogP) is 6.06. The third-order valence-electron chi connectivity index (χ3n) is 5.99. The van der Waals surface area contributed by atoms with Crippen molar-refractivity contribution in [3.63, 3.8) is 0 Å². The lowest BCUT2D eigenvalue weighted by molar-refractivity contribution is -0.120. The Hall–Kier alpha value is -3.90. The number of benzene rings is 4. The van der Waals surface area contributed by atoms with E-state index in [0.717, 1.165) is 10.9 Å². The van der Waals surface area contributed by atoms with Gasteiger partial charge in [0, 0.05) is 12.6 Å². The molecule has 0 aliphatic carbocycles. The largest absolute Gasteiger partial charge is 0.451 e. The smallest absolute Gasteiger partial charge is 0.344 e. The second-order valence-corrected chi connectivity index (χ2v) is 10.4. The first-order chi connectivity index (χ1) is 18.0. The number of ether oxygens (including phenoxy) is 2. The van der Waals surface area contributed by atoms with Gasteiger partial charge in [-0.05, 0) is 40.1 Å². The molecule has 0 saturated carbocycles. The number of carbonyl (C=O) groups is 1. The Bertz CT molecular complexity index is 1440. The molecule has 1 aliphatic rings. The van der Waals surface area contributed by atoms with Crippen molar-refractivity contribution in [3.8, 4) is 11.5 Å². The number of para-hydroxylation sites is 2. The zero-order valence-electron chi connectivity index (χ0n) is 19.9. The summed E-state index contributed by atoms with van der Waals surface area (Å²) in [5.41, 5.74) is -0.151. The van der Waals surface area contributed by atoms with Crippen molar-refractivity contribution in [2.75, 3.05) is 6.61 Å². The topological polar surface area (TPSA) is 94.1 Å². The summed E-state index contributed by atoms with van der Waals surface area (Å²) < 4.78 is 30.5. The maximum Gasteiger partial charge on any atom is 0.344 e. The van der Waals surface area contributed by atoms with Crippen LogP contribution in [0.15, 0.2) is 103 Å². The van der Waals surface area contributed by atoms with Crippen LogP contribution in [0.25, 0.3) is 16.8 Å². The van der Waals surface area contributed by atoms with Crippen molar-refractivity contribution >= 4 is 30.4 Å². The highest BCUT2D eigenvalue weighted by Crippen LogP contribution is 2.58. The van der Waals surface area contributed by atoms with Crippen LogP contribution in [0.4, 0.5) is 0 Å². The zero-order chi connectivity index (χ0) is 25.7. The molecule has 1 amide bonds. The van der Waals surface area contributed by atoms with Gasteiger partial charge < -0.3 is 24.2 Å². The average molecular weight is 516 g/mol. The Labute approximate surface area is 214 Å². The van der Waals surface area contributed by atoms with E-state index in [1.54, 1.807) is 30.3 Å². The van der Waals surface area contributed by atoms with E-state index in [9.17, 15) is 14.3 Å². The van der Waals surface area contributed by atoms with Crippen LogP contribution in [0.5, 0.6) is 11.5 Å². The SMILES string of the molecule is O=C(NC=Cc1ccccc1)C(c1cccc2ccccc12)P(=O)(O)OCCC1Oc2ccccc2O1. The van der Waals surface area contributed by atoms with E-state index < -0.39 is 25.5 Å². The summed E-state index contributed by atoms with van der Waals surface area (Å²) in [5, 5.41) is 4.21. The van der Waals surface area contributed by atoms with Crippen molar-refractivity contribution in [1.29, 1.82) is 0 Å².